The summed E-state index contributed by atoms with van der Waals surface area (Å²) in [6.45, 7) is 0. The van der Waals surface area contributed by atoms with Crippen molar-refractivity contribution in [2.24, 2.45) is 0 Å². The molecule has 0 unspecified atom stereocenters. The van der Waals surface area contributed by atoms with E-state index in [0.717, 1.165) is 0 Å². The van der Waals surface area contributed by atoms with E-state index in [1.807, 2.05) is 0 Å². The van der Waals surface area contributed by atoms with E-state index < -0.39 is 0 Å². The van der Waals surface area contributed by atoms with Crippen LogP contribution in [0.5, 0.6) is 5.75 Å². The van der Waals surface area contributed by atoms with Crippen molar-refractivity contribution in [3.63, 3.8) is 0 Å². The van der Waals surface area contributed by atoms with E-state index in [2.05, 4.69) is 15.9 Å². The fourth-order valence-electron chi connectivity index (χ4n) is 0.736. The number of rotatable bonds is 1. The van der Waals surface area contributed by atoms with Crippen LogP contribution in [0, 0.1) is 0 Å². The van der Waals surface area contributed by atoms with E-state index in [9.17, 15) is 0 Å². The highest BCUT2D eigenvalue weighted by atomic mass is 79.9. The molecular weight excluding hydrogens is 265 g/mol. The van der Waals surface area contributed by atoms with Crippen LogP contribution in [0.1, 0.15) is 0 Å². The zero-order valence-electron chi connectivity index (χ0n) is 6.20. The number of halogens is 3. The molecule has 0 bridgehead atoms. The zero-order chi connectivity index (χ0) is 9.30. The molecule has 12 heavy (non-hydrogen) atoms. The van der Waals surface area contributed by atoms with Gasteiger partial charge in [0.1, 0.15) is 10.8 Å². The lowest BCUT2D eigenvalue weighted by molar-refractivity contribution is 0.415. The minimum absolute atomic E-state index is 0.308. The molecule has 0 spiro atoms. The molecular formula is C7H6BrCl2NO. The number of nitrogens with two attached hydrogens (primary N) is 1. The third-order valence-corrected chi connectivity index (χ3v) is 2.90. The Labute approximate surface area is 88.7 Å². The van der Waals surface area contributed by atoms with Gasteiger partial charge in [-0.1, -0.05) is 23.2 Å². The van der Waals surface area contributed by atoms with Gasteiger partial charge in [-0.3, -0.25) is 0 Å². The Morgan fingerprint density at radius 1 is 1.42 bits per heavy atom. The Morgan fingerprint density at radius 3 is 2.50 bits per heavy atom. The number of hydrogen-bond acceptors (Lipinski definition) is 2. The van der Waals surface area contributed by atoms with Crippen LogP contribution in [0.15, 0.2) is 10.5 Å². The fourth-order valence-corrected chi connectivity index (χ4v) is 1.68. The fraction of sp³-hybridized carbons (Fsp3) is 0.143. The Balaban J connectivity index is 3.39. The molecule has 0 aliphatic rings. The summed E-state index contributed by atoms with van der Waals surface area (Å²) in [5, 5.41) is 0.641. The van der Waals surface area contributed by atoms with Gasteiger partial charge in [0.2, 0.25) is 0 Å². The predicted octanol–water partition coefficient (Wildman–Crippen LogP) is 3.35. The van der Waals surface area contributed by atoms with Crippen molar-refractivity contribution in [3.8, 4) is 5.75 Å². The molecule has 0 fully saturated rings. The third kappa shape index (κ3) is 1.63. The van der Waals surface area contributed by atoms with Gasteiger partial charge in [0.15, 0.2) is 0 Å². The van der Waals surface area contributed by atoms with Gasteiger partial charge in [0, 0.05) is 4.47 Å². The van der Waals surface area contributed by atoms with Gasteiger partial charge in [-0.15, -0.1) is 0 Å². The molecule has 1 rings (SSSR count). The molecule has 0 saturated carbocycles. The summed E-state index contributed by atoms with van der Waals surface area (Å²) in [5.41, 5.74) is 6.01. The smallest absolute Gasteiger partial charge is 0.140 e. The summed E-state index contributed by atoms with van der Waals surface area (Å²) in [6, 6.07) is 1.67. The van der Waals surface area contributed by atoms with Crippen LogP contribution in [0.2, 0.25) is 10.0 Å². The van der Waals surface area contributed by atoms with Crippen LogP contribution in [-0.2, 0) is 0 Å². The number of methoxy groups -OCH3 is 1. The van der Waals surface area contributed by atoms with Crippen LogP contribution in [0.4, 0.5) is 5.69 Å². The van der Waals surface area contributed by atoms with Crippen LogP contribution >= 0.6 is 39.1 Å². The van der Waals surface area contributed by atoms with E-state index >= 15 is 0 Å². The second kappa shape index (κ2) is 3.73. The van der Waals surface area contributed by atoms with Crippen molar-refractivity contribution in [2.75, 3.05) is 12.8 Å². The van der Waals surface area contributed by atoms with E-state index in [1.165, 1.54) is 7.11 Å². The first-order valence-electron chi connectivity index (χ1n) is 3.05. The average molecular weight is 271 g/mol. The molecule has 0 heterocycles. The van der Waals surface area contributed by atoms with Gasteiger partial charge in [0.05, 0.1) is 17.8 Å². The van der Waals surface area contributed by atoms with Crippen molar-refractivity contribution in [1.29, 1.82) is 0 Å². The van der Waals surface area contributed by atoms with Crippen LogP contribution < -0.4 is 10.5 Å². The lowest BCUT2D eigenvalue weighted by atomic mass is 10.3. The van der Waals surface area contributed by atoms with Gasteiger partial charge >= 0.3 is 0 Å². The van der Waals surface area contributed by atoms with Gasteiger partial charge in [0.25, 0.3) is 0 Å². The monoisotopic (exact) mass is 269 g/mol. The molecule has 0 radical (unpaired) electrons. The summed E-state index contributed by atoms with van der Waals surface area (Å²) in [4.78, 5) is 0. The maximum atomic E-state index is 5.81. The highest BCUT2D eigenvalue weighted by molar-refractivity contribution is 9.10. The number of nitrogen functional groups attached to an aromatic ring is 1. The minimum atomic E-state index is 0.308. The Bertz CT molecular complexity index is 317. The summed E-state index contributed by atoms with van der Waals surface area (Å²) in [6.07, 6.45) is 0. The second-order valence-corrected chi connectivity index (χ2v) is 3.71. The molecule has 0 amide bonds. The van der Waals surface area contributed by atoms with Crippen LogP contribution in [-0.4, -0.2) is 7.11 Å². The van der Waals surface area contributed by atoms with Crippen molar-refractivity contribution >= 4 is 44.8 Å². The molecule has 2 N–H and O–H groups in total. The molecule has 66 valence electrons. The van der Waals surface area contributed by atoms with Gasteiger partial charge in [-0.05, 0) is 22.0 Å². The standard InChI is InChI=1S/C7H6BrCl2NO/c1-12-4-2-3(8)7(11)6(10)5(4)9/h2H,11H2,1H3. The summed E-state index contributed by atoms with van der Waals surface area (Å²) in [7, 11) is 1.51. The Morgan fingerprint density at radius 2 is 2.00 bits per heavy atom. The number of hydrogen-bond donors (Lipinski definition) is 1. The molecule has 0 aliphatic carbocycles. The largest absolute Gasteiger partial charge is 0.495 e. The normalized spacial score (nSPS) is 10.0. The zero-order valence-corrected chi connectivity index (χ0v) is 9.29. The lowest BCUT2D eigenvalue weighted by Gasteiger charge is -2.08. The van der Waals surface area contributed by atoms with Gasteiger partial charge < -0.3 is 10.5 Å². The maximum Gasteiger partial charge on any atom is 0.140 e. The Hall–Kier alpha value is -0.120. The predicted molar refractivity (Wildman–Crippen MR) is 55.1 cm³/mol. The lowest BCUT2D eigenvalue weighted by Crippen LogP contribution is -1.92. The number of ether oxygens (including phenoxy) is 1. The molecule has 5 heteroatoms. The highest BCUT2D eigenvalue weighted by Crippen LogP contribution is 2.40. The second-order valence-electron chi connectivity index (χ2n) is 2.10. The van der Waals surface area contributed by atoms with Crippen molar-refractivity contribution in [2.45, 2.75) is 0 Å². The van der Waals surface area contributed by atoms with Crippen molar-refractivity contribution < 1.29 is 4.74 Å². The SMILES string of the molecule is COc1cc(Br)c(N)c(Cl)c1Cl. The van der Waals surface area contributed by atoms with Crippen LogP contribution in [0.25, 0.3) is 0 Å². The third-order valence-electron chi connectivity index (χ3n) is 1.38. The number of benzene rings is 1. The molecule has 2 nitrogen and oxygen atoms in total. The highest BCUT2D eigenvalue weighted by Gasteiger charge is 2.11. The first-order valence-corrected chi connectivity index (χ1v) is 4.59. The molecule has 0 atom stereocenters. The summed E-state index contributed by atoms with van der Waals surface area (Å²) >= 11 is 14.8. The minimum Gasteiger partial charge on any atom is -0.495 e. The summed E-state index contributed by atoms with van der Waals surface area (Å²) < 4.78 is 5.63. The Kier molecular flexibility index (Phi) is 3.09. The van der Waals surface area contributed by atoms with E-state index in [1.54, 1.807) is 6.07 Å². The average Bonchev–Trinajstić information content (AvgIpc) is 2.08. The molecule has 0 aromatic heterocycles. The van der Waals surface area contributed by atoms with Gasteiger partial charge in [-0.25, -0.2) is 0 Å². The molecule has 0 aliphatic heterocycles. The topological polar surface area (TPSA) is 35.2 Å². The molecule has 0 saturated heterocycles. The summed E-state index contributed by atoms with van der Waals surface area (Å²) in [5.74, 6) is 0.503. The van der Waals surface area contributed by atoms with E-state index in [-0.39, 0.29) is 0 Å². The molecule has 1 aromatic carbocycles. The van der Waals surface area contributed by atoms with Gasteiger partial charge in [-0.2, -0.15) is 0 Å². The maximum absolute atomic E-state index is 5.81. The van der Waals surface area contributed by atoms with Crippen molar-refractivity contribution in [3.05, 3.63) is 20.6 Å². The van der Waals surface area contributed by atoms with E-state index in [4.69, 9.17) is 33.7 Å². The number of anilines is 1. The van der Waals surface area contributed by atoms with Crippen molar-refractivity contribution in [1.82, 2.24) is 0 Å². The van der Waals surface area contributed by atoms with Crippen LogP contribution in [0.3, 0.4) is 0 Å². The first kappa shape index (κ1) is 9.96. The molecule has 1 aromatic rings. The van der Waals surface area contributed by atoms with E-state index in [0.29, 0.717) is 26.0 Å². The first-order chi connectivity index (χ1) is 5.57. The quantitative estimate of drug-likeness (QED) is 0.628.